The Balaban J connectivity index is 2.44. The van der Waals surface area contributed by atoms with Crippen LogP contribution in [0.1, 0.15) is 5.56 Å². The van der Waals surface area contributed by atoms with Crippen LogP contribution in [0.5, 0.6) is 5.75 Å². The number of amides is 1. The molecule has 16 heavy (non-hydrogen) atoms. The fourth-order valence-electron chi connectivity index (χ4n) is 1.21. The van der Waals surface area contributed by atoms with E-state index >= 15 is 0 Å². The highest BCUT2D eigenvalue weighted by molar-refractivity contribution is 5.67. The van der Waals surface area contributed by atoms with E-state index in [-0.39, 0.29) is 13.2 Å². The maximum Gasteiger partial charge on any atom is 0.407 e. The first kappa shape index (κ1) is 12.3. The Kier molecular flexibility index (Phi) is 5.15. The van der Waals surface area contributed by atoms with Gasteiger partial charge in [0.1, 0.15) is 12.4 Å². The molecule has 0 atom stereocenters. The van der Waals surface area contributed by atoms with Gasteiger partial charge in [0.15, 0.2) is 0 Å². The molecule has 0 aliphatic carbocycles. The van der Waals surface area contributed by atoms with E-state index in [0.29, 0.717) is 12.3 Å². The average molecular weight is 225 g/mol. The van der Waals surface area contributed by atoms with E-state index < -0.39 is 6.09 Å². The van der Waals surface area contributed by atoms with E-state index in [1.807, 2.05) is 24.3 Å². The second kappa shape index (κ2) is 6.68. The minimum Gasteiger partial charge on any atom is -0.496 e. The van der Waals surface area contributed by atoms with Gasteiger partial charge in [-0.05, 0) is 6.07 Å². The highest BCUT2D eigenvalue weighted by atomic mass is 16.6. The van der Waals surface area contributed by atoms with E-state index in [1.165, 1.54) is 0 Å². The summed E-state index contributed by atoms with van der Waals surface area (Å²) >= 11 is 0. The molecule has 1 rings (SSSR count). The molecule has 88 valence electrons. The lowest BCUT2D eigenvalue weighted by atomic mass is 10.2. The van der Waals surface area contributed by atoms with Gasteiger partial charge < -0.3 is 19.9 Å². The smallest absolute Gasteiger partial charge is 0.407 e. The molecule has 0 heterocycles. The Morgan fingerprint density at radius 1 is 1.44 bits per heavy atom. The van der Waals surface area contributed by atoms with Crippen LogP contribution in [0.2, 0.25) is 0 Å². The zero-order valence-electron chi connectivity index (χ0n) is 9.10. The van der Waals surface area contributed by atoms with Gasteiger partial charge in [-0.25, -0.2) is 4.79 Å². The van der Waals surface area contributed by atoms with E-state index in [4.69, 9.17) is 9.84 Å². The molecule has 5 nitrogen and oxygen atoms in total. The lowest BCUT2D eigenvalue weighted by Crippen LogP contribution is -2.25. The van der Waals surface area contributed by atoms with Crippen LogP contribution in [-0.2, 0) is 11.3 Å². The summed E-state index contributed by atoms with van der Waals surface area (Å²) in [6, 6.07) is 7.38. The number of aliphatic hydroxyl groups is 1. The predicted molar refractivity (Wildman–Crippen MR) is 58.3 cm³/mol. The summed E-state index contributed by atoms with van der Waals surface area (Å²) in [6.45, 7) is 0.147. The standard InChI is InChI=1S/C11H15NO4/c1-15-10-5-3-2-4-9(10)8-12-11(14)16-7-6-13/h2-5,13H,6-8H2,1H3,(H,12,14). The number of rotatable bonds is 5. The number of carbonyl (C=O) groups excluding carboxylic acids is 1. The predicted octanol–water partition coefficient (Wildman–Crippen LogP) is 0.914. The molecule has 0 fully saturated rings. The number of hydrogen-bond acceptors (Lipinski definition) is 4. The third-order valence-electron chi connectivity index (χ3n) is 1.94. The van der Waals surface area contributed by atoms with E-state index in [9.17, 15) is 4.79 Å². The second-order valence-corrected chi connectivity index (χ2v) is 3.02. The number of nitrogens with one attached hydrogen (secondary N) is 1. The molecular weight excluding hydrogens is 210 g/mol. The van der Waals surface area contributed by atoms with Crippen molar-refractivity contribution in [3.63, 3.8) is 0 Å². The van der Waals surface area contributed by atoms with Gasteiger partial charge >= 0.3 is 6.09 Å². The summed E-state index contributed by atoms with van der Waals surface area (Å²) in [7, 11) is 1.57. The number of methoxy groups -OCH3 is 1. The molecule has 0 bridgehead atoms. The van der Waals surface area contributed by atoms with Gasteiger partial charge in [0.05, 0.1) is 13.7 Å². The van der Waals surface area contributed by atoms with Crippen LogP contribution in [0.15, 0.2) is 24.3 Å². The fraction of sp³-hybridized carbons (Fsp3) is 0.364. The topological polar surface area (TPSA) is 67.8 Å². The van der Waals surface area contributed by atoms with E-state index in [2.05, 4.69) is 10.1 Å². The molecular formula is C11H15NO4. The molecule has 0 radical (unpaired) electrons. The largest absolute Gasteiger partial charge is 0.496 e. The minimum atomic E-state index is -0.556. The molecule has 2 N–H and O–H groups in total. The van der Waals surface area contributed by atoms with Crippen molar-refractivity contribution in [1.29, 1.82) is 0 Å². The van der Waals surface area contributed by atoms with Gasteiger partial charge in [-0.15, -0.1) is 0 Å². The Morgan fingerprint density at radius 3 is 2.88 bits per heavy atom. The number of hydrogen-bond donors (Lipinski definition) is 2. The van der Waals surface area contributed by atoms with Crippen molar-refractivity contribution in [3.8, 4) is 5.75 Å². The maximum atomic E-state index is 11.1. The Bertz CT molecular complexity index is 341. The monoisotopic (exact) mass is 225 g/mol. The first-order valence-corrected chi connectivity index (χ1v) is 4.91. The Hall–Kier alpha value is -1.75. The summed E-state index contributed by atoms with van der Waals surface area (Å²) in [5.41, 5.74) is 0.867. The lowest BCUT2D eigenvalue weighted by molar-refractivity contribution is 0.118. The number of para-hydroxylation sites is 1. The molecule has 0 aliphatic heterocycles. The third kappa shape index (κ3) is 3.78. The average Bonchev–Trinajstić information content (AvgIpc) is 2.34. The first-order chi connectivity index (χ1) is 7.77. The SMILES string of the molecule is COc1ccccc1CNC(=O)OCCO. The van der Waals surface area contributed by atoms with Crippen molar-refractivity contribution in [1.82, 2.24) is 5.32 Å². The molecule has 0 saturated heterocycles. The molecule has 1 amide bonds. The van der Waals surface area contributed by atoms with Crippen LogP contribution in [0.25, 0.3) is 0 Å². The minimum absolute atomic E-state index is 0.00222. The number of benzene rings is 1. The number of ether oxygens (including phenoxy) is 2. The first-order valence-electron chi connectivity index (χ1n) is 4.91. The maximum absolute atomic E-state index is 11.1. The van der Waals surface area contributed by atoms with Crippen LogP contribution in [0, 0.1) is 0 Å². The van der Waals surface area contributed by atoms with Crippen molar-refractivity contribution >= 4 is 6.09 Å². The van der Waals surface area contributed by atoms with Gasteiger partial charge in [-0.1, -0.05) is 18.2 Å². The molecule has 0 unspecified atom stereocenters. The van der Waals surface area contributed by atoms with Crippen molar-refractivity contribution in [2.75, 3.05) is 20.3 Å². The van der Waals surface area contributed by atoms with Crippen LogP contribution >= 0.6 is 0 Å². The summed E-state index contributed by atoms with van der Waals surface area (Å²) in [5, 5.41) is 11.0. The van der Waals surface area contributed by atoms with Crippen LogP contribution < -0.4 is 10.1 Å². The molecule has 0 aromatic heterocycles. The van der Waals surface area contributed by atoms with Crippen LogP contribution in [-0.4, -0.2) is 31.5 Å². The molecule has 5 heteroatoms. The summed E-state index contributed by atoms with van der Waals surface area (Å²) < 4.78 is 9.77. The quantitative estimate of drug-likeness (QED) is 0.781. The molecule has 1 aromatic rings. The van der Waals surface area contributed by atoms with Crippen LogP contribution in [0.3, 0.4) is 0 Å². The van der Waals surface area contributed by atoms with Crippen LogP contribution in [0.4, 0.5) is 4.79 Å². The second-order valence-electron chi connectivity index (χ2n) is 3.02. The Labute approximate surface area is 94.0 Å². The van der Waals surface area contributed by atoms with Gasteiger partial charge in [-0.2, -0.15) is 0 Å². The highest BCUT2D eigenvalue weighted by Crippen LogP contribution is 2.16. The highest BCUT2D eigenvalue weighted by Gasteiger charge is 2.04. The fourth-order valence-corrected chi connectivity index (χ4v) is 1.21. The summed E-state index contributed by atoms with van der Waals surface area (Å²) in [4.78, 5) is 11.1. The molecule has 0 saturated carbocycles. The number of aliphatic hydroxyl groups excluding tert-OH is 1. The van der Waals surface area contributed by atoms with Gasteiger partial charge in [0.25, 0.3) is 0 Å². The number of alkyl carbamates (subject to hydrolysis) is 1. The molecule has 1 aromatic carbocycles. The molecule has 0 aliphatic rings. The molecule has 0 spiro atoms. The number of carbonyl (C=O) groups is 1. The summed E-state index contributed by atoms with van der Waals surface area (Å²) in [6.07, 6.45) is -0.556. The van der Waals surface area contributed by atoms with Gasteiger partial charge in [0.2, 0.25) is 0 Å². The van der Waals surface area contributed by atoms with Crippen molar-refractivity contribution < 1.29 is 19.4 Å². The zero-order valence-corrected chi connectivity index (χ0v) is 9.10. The van der Waals surface area contributed by atoms with E-state index in [1.54, 1.807) is 7.11 Å². The van der Waals surface area contributed by atoms with Crippen molar-refractivity contribution in [3.05, 3.63) is 29.8 Å². The zero-order chi connectivity index (χ0) is 11.8. The van der Waals surface area contributed by atoms with Crippen molar-refractivity contribution in [2.24, 2.45) is 0 Å². The van der Waals surface area contributed by atoms with Gasteiger partial charge in [0, 0.05) is 12.1 Å². The lowest BCUT2D eigenvalue weighted by Gasteiger charge is -2.09. The Morgan fingerprint density at radius 2 is 2.19 bits per heavy atom. The van der Waals surface area contributed by atoms with Gasteiger partial charge in [-0.3, -0.25) is 0 Å². The summed E-state index contributed by atoms with van der Waals surface area (Å²) in [5.74, 6) is 0.713. The third-order valence-corrected chi connectivity index (χ3v) is 1.94. The van der Waals surface area contributed by atoms with E-state index in [0.717, 1.165) is 5.56 Å². The van der Waals surface area contributed by atoms with Crippen molar-refractivity contribution in [2.45, 2.75) is 6.54 Å². The normalized spacial score (nSPS) is 9.62.